The van der Waals surface area contributed by atoms with Crippen molar-refractivity contribution in [1.29, 1.82) is 5.26 Å². The number of carbonyl (C=O) groups is 1. The summed E-state index contributed by atoms with van der Waals surface area (Å²) in [6, 6.07) is 10.0. The van der Waals surface area contributed by atoms with Crippen molar-refractivity contribution in [2.75, 3.05) is 31.6 Å². The molecule has 2 heterocycles. The molecule has 1 aliphatic rings. The van der Waals surface area contributed by atoms with Crippen LogP contribution in [0, 0.1) is 11.3 Å². The highest BCUT2D eigenvalue weighted by Gasteiger charge is 2.16. The van der Waals surface area contributed by atoms with Crippen LogP contribution in [-0.4, -0.2) is 41.7 Å². The number of hydrogen-bond donors (Lipinski definition) is 1. The summed E-state index contributed by atoms with van der Waals surface area (Å²) in [5.74, 6) is -0.710. The second-order valence-corrected chi connectivity index (χ2v) is 8.35. The van der Waals surface area contributed by atoms with E-state index in [1.165, 1.54) is 36.1 Å². The average Bonchev–Trinajstić information content (AvgIpc) is 3.40. The van der Waals surface area contributed by atoms with Gasteiger partial charge in [0.1, 0.15) is 15.3 Å². The summed E-state index contributed by atoms with van der Waals surface area (Å²) in [5, 5.41) is 12.6. The van der Waals surface area contributed by atoms with E-state index in [0.717, 1.165) is 30.0 Å². The molecular formula is C23H28N4O3S. The number of rotatable bonds is 8. The SMILES string of the molecule is CCOC(=O)C(C#N)=c1sc(=CNc2cccc(CCN3CCCC3)c2)c(=O)n1CC. The fourth-order valence-corrected chi connectivity index (χ4v) is 4.71. The smallest absolute Gasteiger partial charge is 0.351 e. The van der Waals surface area contributed by atoms with E-state index >= 15 is 0 Å². The highest BCUT2D eigenvalue weighted by atomic mass is 32.1. The summed E-state index contributed by atoms with van der Waals surface area (Å²) >= 11 is 1.11. The Balaban J connectivity index is 1.85. The van der Waals surface area contributed by atoms with Gasteiger partial charge in [-0.3, -0.25) is 9.36 Å². The first-order valence-corrected chi connectivity index (χ1v) is 11.5. The Morgan fingerprint density at radius 2 is 2.10 bits per heavy atom. The lowest BCUT2D eigenvalue weighted by Gasteiger charge is -2.14. The van der Waals surface area contributed by atoms with Crippen LogP contribution in [-0.2, 0) is 22.5 Å². The van der Waals surface area contributed by atoms with E-state index in [2.05, 4.69) is 22.3 Å². The number of benzene rings is 1. The molecule has 1 aromatic carbocycles. The van der Waals surface area contributed by atoms with Gasteiger partial charge in [0, 0.05) is 25.0 Å². The maximum Gasteiger partial charge on any atom is 0.351 e. The first kappa shape index (κ1) is 22.8. The van der Waals surface area contributed by atoms with Gasteiger partial charge in [-0.2, -0.15) is 5.26 Å². The number of anilines is 1. The predicted molar refractivity (Wildman–Crippen MR) is 123 cm³/mol. The number of carbonyl (C=O) groups excluding carboxylic acids is 1. The van der Waals surface area contributed by atoms with Crippen molar-refractivity contribution in [2.45, 2.75) is 39.7 Å². The highest BCUT2D eigenvalue weighted by Crippen LogP contribution is 2.13. The van der Waals surface area contributed by atoms with Gasteiger partial charge < -0.3 is 15.0 Å². The molecule has 0 unspecified atom stereocenters. The lowest BCUT2D eigenvalue weighted by atomic mass is 10.1. The van der Waals surface area contributed by atoms with E-state index < -0.39 is 5.97 Å². The summed E-state index contributed by atoms with van der Waals surface area (Å²) < 4.78 is 7.14. The Kier molecular flexibility index (Phi) is 8.04. The highest BCUT2D eigenvalue weighted by molar-refractivity contribution is 7.07. The van der Waals surface area contributed by atoms with Crippen molar-refractivity contribution in [1.82, 2.24) is 9.47 Å². The normalized spacial score (nSPS) is 15.6. The number of ether oxygens (including phenoxy) is 1. The van der Waals surface area contributed by atoms with Gasteiger partial charge in [0.2, 0.25) is 0 Å². The van der Waals surface area contributed by atoms with E-state index in [-0.39, 0.29) is 17.7 Å². The molecule has 31 heavy (non-hydrogen) atoms. The molecule has 3 rings (SSSR count). The van der Waals surface area contributed by atoms with Gasteiger partial charge >= 0.3 is 5.97 Å². The molecule has 0 spiro atoms. The second kappa shape index (κ2) is 10.9. The van der Waals surface area contributed by atoms with E-state index in [0.29, 0.717) is 15.7 Å². The number of thiazole rings is 1. The number of likely N-dealkylation sites (tertiary alicyclic amines) is 1. The van der Waals surface area contributed by atoms with Gasteiger partial charge in [-0.25, -0.2) is 4.79 Å². The summed E-state index contributed by atoms with van der Waals surface area (Å²) in [7, 11) is 0. The predicted octanol–water partition coefficient (Wildman–Crippen LogP) is 1.66. The zero-order valence-electron chi connectivity index (χ0n) is 18.0. The Bertz CT molecular complexity index is 1140. The number of esters is 1. The van der Waals surface area contributed by atoms with Crippen molar-refractivity contribution in [3.63, 3.8) is 0 Å². The lowest BCUT2D eigenvalue weighted by molar-refractivity contribution is -0.136. The maximum atomic E-state index is 12.8. The fraction of sp³-hybridized carbons (Fsp3) is 0.435. The fourth-order valence-electron chi connectivity index (χ4n) is 3.64. The maximum absolute atomic E-state index is 12.8. The monoisotopic (exact) mass is 440 g/mol. The number of hydrogen-bond acceptors (Lipinski definition) is 7. The van der Waals surface area contributed by atoms with Crippen LogP contribution in [0.2, 0.25) is 0 Å². The largest absolute Gasteiger partial charge is 0.462 e. The molecule has 0 radical (unpaired) electrons. The van der Waals surface area contributed by atoms with Crippen LogP contribution in [0.25, 0.3) is 11.8 Å². The molecule has 8 heteroatoms. The van der Waals surface area contributed by atoms with Crippen molar-refractivity contribution < 1.29 is 9.53 Å². The van der Waals surface area contributed by atoms with Crippen LogP contribution in [0.5, 0.6) is 0 Å². The summed E-state index contributed by atoms with van der Waals surface area (Å²) in [6.07, 6.45) is 5.20. The first-order valence-electron chi connectivity index (χ1n) is 10.7. The molecule has 2 aromatic rings. The molecule has 0 aliphatic carbocycles. The Morgan fingerprint density at radius 1 is 1.32 bits per heavy atom. The second-order valence-electron chi connectivity index (χ2n) is 7.32. The van der Waals surface area contributed by atoms with Crippen molar-refractivity contribution in [3.05, 3.63) is 49.4 Å². The molecule has 164 valence electrons. The zero-order valence-corrected chi connectivity index (χ0v) is 18.8. The Labute approximate surface area is 185 Å². The van der Waals surface area contributed by atoms with Crippen molar-refractivity contribution in [3.8, 4) is 6.07 Å². The first-order chi connectivity index (χ1) is 15.1. The molecule has 0 atom stereocenters. The third-order valence-corrected chi connectivity index (χ3v) is 6.37. The third-order valence-electron chi connectivity index (χ3n) is 5.24. The molecular weight excluding hydrogens is 412 g/mol. The quantitative estimate of drug-likeness (QED) is 0.628. The standard InChI is InChI=1S/C23H28N4O3S/c1-3-27-21(28)20(31-22(27)19(15-24)23(29)30-4-2)16-25-18-9-7-8-17(14-18)10-13-26-11-5-6-12-26/h7-9,14,16,25H,3-6,10-13H2,1-2H3. The van der Waals surface area contributed by atoms with Crippen molar-refractivity contribution >= 4 is 34.8 Å². The number of nitrogens with zero attached hydrogens (tertiary/aromatic N) is 3. The summed E-state index contributed by atoms with van der Waals surface area (Å²) in [5.41, 5.74) is 1.75. The van der Waals surface area contributed by atoms with Crippen LogP contribution >= 0.6 is 11.3 Å². The van der Waals surface area contributed by atoms with Crippen LogP contribution in [0.3, 0.4) is 0 Å². The Hall–Kier alpha value is -2.89. The van der Waals surface area contributed by atoms with E-state index in [1.807, 2.05) is 18.2 Å². The van der Waals surface area contributed by atoms with Gasteiger partial charge in [0.25, 0.3) is 5.56 Å². The molecule has 1 N–H and O–H groups in total. The Morgan fingerprint density at radius 3 is 2.77 bits per heavy atom. The average molecular weight is 441 g/mol. The van der Waals surface area contributed by atoms with Crippen molar-refractivity contribution in [2.24, 2.45) is 0 Å². The van der Waals surface area contributed by atoms with Gasteiger partial charge in [0.15, 0.2) is 5.57 Å². The summed E-state index contributed by atoms with van der Waals surface area (Å²) in [4.78, 5) is 27.4. The van der Waals surface area contributed by atoms with Crippen LogP contribution in [0.4, 0.5) is 5.69 Å². The van der Waals surface area contributed by atoms with E-state index in [9.17, 15) is 14.9 Å². The van der Waals surface area contributed by atoms with Crippen LogP contribution in [0.15, 0.2) is 29.1 Å². The van der Waals surface area contributed by atoms with E-state index in [4.69, 9.17) is 4.74 Å². The molecule has 1 saturated heterocycles. The lowest BCUT2D eigenvalue weighted by Crippen LogP contribution is -2.32. The minimum absolute atomic E-state index is 0.144. The minimum Gasteiger partial charge on any atom is -0.462 e. The number of nitriles is 1. The molecule has 0 amide bonds. The third kappa shape index (κ3) is 5.63. The minimum atomic E-state index is -0.710. The van der Waals surface area contributed by atoms with Gasteiger partial charge in [0.05, 0.1) is 6.61 Å². The molecule has 7 nitrogen and oxygen atoms in total. The van der Waals surface area contributed by atoms with Crippen LogP contribution < -0.4 is 20.1 Å². The summed E-state index contributed by atoms with van der Waals surface area (Å²) in [6.45, 7) is 7.43. The number of nitrogens with one attached hydrogen (secondary N) is 1. The van der Waals surface area contributed by atoms with Gasteiger partial charge in [-0.1, -0.05) is 12.1 Å². The number of aromatic nitrogens is 1. The molecule has 0 saturated carbocycles. The molecule has 1 fully saturated rings. The zero-order chi connectivity index (χ0) is 22.2. The topological polar surface area (TPSA) is 87.4 Å². The van der Waals surface area contributed by atoms with Gasteiger partial charge in [-0.15, -0.1) is 11.3 Å². The molecule has 0 bridgehead atoms. The molecule has 1 aromatic heterocycles. The van der Waals surface area contributed by atoms with E-state index in [1.54, 1.807) is 20.0 Å². The van der Waals surface area contributed by atoms with Gasteiger partial charge in [-0.05, 0) is 63.9 Å². The van der Waals surface area contributed by atoms with Crippen LogP contribution in [0.1, 0.15) is 32.3 Å². The molecule has 1 aliphatic heterocycles.